The van der Waals surface area contributed by atoms with Gasteiger partial charge in [-0.3, -0.25) is 9.59 Å². The highest BCUT2D eigenvalue weighted by atomic mass is 16.3. The summed E-state index contributed by atoms with van der Waals surface area (Å²) in [6.45, 7) is 3.99. The zero-order valence-electron chi connectivity index (χ0n) is 22.4. The highest BCUT2D eigenvalue weighted by Gasteiger charge is 2.31. The highest BCUT2D eigenvalue weighted by molar-refractivity contribution is 6.01. The lowest BCUT2D eigenvalue weighted by molar-refractivity contribution is -0.132. The zero-order valence-corrected chi connectivity index (χ0v) is 22.4. The molecule has 39 heavy (non-hydrogen) atoms. The number of anilines is 1. The van der Waals surface area contributed by atoms with E-state index < -0.39 is 0 Å². The summed E-state index contributed by atoms with van der Waals surface area (Å²) in [4.78, 5) is 39.3. The van der Waals surface area contributed by atoms with Crippen LogP contribution in [0.25, 0.3) is 11.3 Å². The second-order valence-corrected chi connectivity index (χ2v) is 11.1. The summed E-state index contributed by atoms with van der Waals surface area (Å²) in [5.41, 5.74) is 6.63. The van der Waals surface area contributed by atoms with E-state index in [0.717, 1.165) is 54.5 Å². The molecule has 1 aliphatic carbocycles. The summed E-state index contributed by atoms with van der Waals surface area (Å²) < 4.78 is 0. The van der Waals surface area contributed by atoms with Gasteiger partial charge < -0.3 is 20.2 Å². The Hall–Kier alpha value is -3.78. The quantitative estimate of drug-likeness (QED) is 0.506. The van der Waals surface area contributed by atoms with Crippen molar-refractivity contribution in [2.45, 2.75) is 58.2 Å². The van der Waals surface area contributed by atoms with Gasteiger partial charge in [0.25, 0.3) is 5.91 Å². The van der Waals surface area contributed by atoms with Crippen molar-refractivity contribution >= 4 is 17.8 Å². The summed E-state index contributed by atoms with van der Waals surface area (Å²) in [7, 11) is 0. The fourth-order valence-corrected chi connectivity index (χ4v) is 6.18. The summed E-state index contributed by atoms with van der Waals surface area (Å²) in [5.74, 6) is 0.769. The van der Waals surface area contributed by atoms with Crippen molar-refractivity contribution in [3.8, 4) is 11.3 Å². The van der Waals surface area contributed by atoms with Crippen molar-refractivity contribution in [1.82, 2.24) is 19.8 Å². The first-order chi connectivity index (χ1) is 19.0. The number of amides is 2. The molecule has 0 radical (unpaired) electrons. The molecular weight excluding hydrogens is 490 g/mol. The van der Waals surface area contributed by atoms with Crippen molar-refractivity contribution in [3.63, 3.8) is 0 Å². The third-order valence-electron chi connectivity index (χ3n) is 8.42. The molecule has 8 heteroatoms. The van der Waals surface area contributed by atoms with Gasteiger partial charge in [-0.25, -0.2) is 9.97 Å². The minimum Gasteiger partial charge on any atom is -0.396 e. The number of aryl methyl sites for hydroxylation is 1. The van der Waals surface area contributed by atoms with Crippen LogP contribution in [0, 0.1) is 12.8 Å². The molecule has 2 amide bonds. The first kappa shape index (κ1) is 25.5. The molecule has 2 N–H and O–H groups in total. The summed E-state index contributed by atoms with van der Waals surface area (Å²) in [5, 5.41) is 13.0. The Morgan fingerprint density at radius 2 is 1.95 bits per heavy atom. The molecule has 3 aromatic rings. The number of hydrogen-bond acceptors (Lipinski definition) is 6. The second-order valence-electron chi connectivity index (χ2n) is 11.1. The number of aliphatic hydroxyl groups excluding tert-OH is 1. The zero-order chi connectivity index (χ0) is 26.9. The normalized spacial score (nSPS) is 20.5. The van der Waals surface area contributed by atoms with Crippen LogP contribution >= 0.6 is 0 Å². The lowest BCUT2D eigenvalue weighted by atomic mass is 9.86. The van der Waals surface area contributed by atoms with Crippen LogP contribution in [0.1, 0.15) is 58.3 Å². The molecule has 0 spiro atoms. The van der Waals surface area contributed by atoms with Gasteiger partial charge in [-0.1, -0.05) is 42.8 Å². The Morgan fingerprint density at radius 1 is 1.10 bits per heavy atom. The van der Waals surface area contributed by atoms with Crippen molar-refractivity contribution < 1.29 is 14.7 Å². The molecule has 8 nitrogen and oxygen atoms in total. The molecule has 0 saturated heterocycles. The largest absolute Gasteiger partial charge is 0.396 e. The predicted molar refractivity (Wildman–Crippen MR) is 149 cm³/mol. The molecule has 6 rings (SSSR count). The highest BCUT2D eigenvalue weighted by Crippen LogP contribution is 2.31. The SMILES string of the molecule is Cc1cnc(NC2CCCC(CO)C2)nc1-c1ccc2c(c1)C(=O)N(CC(=O)N1CCc3ccccc3C1)C2. The molecule has 0 bridgehead atoms. The number of benzene rings is 2. The number of aromatic nitrogens is 2. The number of nitrogens with one attached hydrogen (secondary N) is 1. The molecule has 1 saturated carbocycles. The number of carbonyl (C=O) groups excluding carboxylic acids is 2. The van der Waals surface area contributed by atoms with Crippen molar-refractivity contribution in [3.05, 3.63) is 76.5 Å². The van der Waals surface area contributed by atoms with E-state index in [-0.39, 0.29) is 31.0 Å². The number of rotatable bonds is 6. The summed E-state index contributed by atoms with van der Waals surface area (Å²) >= 11 is 0. The van der Waals surface area contributed by atoms with E-state index in [9.17, 15) is 14.7 Å². The Balaban J connectivity index is 1.15. The van der Waals surface area contributed by atoms with Crippen LogP contribution in [0.2, 0.25) is 0 Å². The summed E-state index contributed by atoms with van der Waals surface area (Å²) in [6.07, 6.45) is 6.75. The van der Waals surface area contributed by atoms with Gasteiger partial charge in [0.2, 0.25) is 11.9 Å². The number of fused-ring (bicyclic) bond motifs is 2. The maximum atomic E-state index is 13.4. The van der Waals surface area contributed by atoms with Gasteiger partial charge >= 0.3 is 0 Å². The fraction of sp³-hybridized carbons (Fsp3) is 0.419. The number of hydrogen-bond donors (Lipinski definition) is 2. The number of aliphatic hydroxyl groups is 1. The fourth-order valence-electron chi connectivity index (χ4n) is 6.18. The van der Waals surface area contributed by atoms with E-state index in [2.05, 4.69) is 22.4 Å². The second kappa shape index (κ2) is 10.8. The molecule has 2 aromatic carbocycles. The van der Waals surface area contributed by atoms with E-state index in [1.165, 1.54) is 11.1 Å². The van der Waals surface area contributed by atoms with Crippen LogP contribution in [0.4, 0.5) is 5.95 Å². The first-order valence-corrected chi connectivity index (χ1v) is 14.0. The average molecular weight is 526 g/mol. The molecular formula is C31H35N5O3. The lowest BCUT2D eigenvalue weighted by Gasteiger charge is -2.30. The van der Waals surface area contributed by atoms with Gasteiger partial charge in [0, 0.05) is 49.6 Å². The van der Waals surface area contributed by atoms with Crippen LogP contribution in [-0.4, -0.2) is 62.4 Å². The van der Waals surface area contributed by atoms with Crippen molar-refractivity contribution in [2.75, 3.05) is 25.0 Å². The van der Waals surface area contributed by atoms with Crippen molar-refractivity contribution in [1.29, 1.82) is 0 Å². The number of carbonyl (C=O) groups is 2. The van der Waals surface area contributed by atoms with Gasteiger partial charge in [-0.05, 0) is 66.8 Å². The van der Waals surface area contributed by atoms with E-state index in [1.54, 1.807) is 4.90 Å². The van der Waals surface area contributed by atoms with Gasteiger partial charge in [0.05, 0.1) is 5.69 Å². The molecule has 2 aliphatic heterocycles. The third kappa shape index (κ3) is 5.26. The molecule has 3 heterocycles. The maximum Gasteiger partial charge on any atom is 0.254 e. The predicted octanol–water partition coefficient (Wildman–Crippen LogP) is 3.96. The minimum absolute atomic E-state index is 0.0145. The van der Waals surface area contributed by atoms with E-state index in [4.69, 9.17) is 4.98 Å². The van der Waals surface area contributed by atoms with E-state index >= 15 is 0 Å². The average Bonchev–Trinajstić information content (AvgIpc) is 3.27. The first-order valence-electron chi connectivity index (χ1n) is 14.0. The Kier molecular flexibility index (Phi) is 7.04. The monoisotopic (exact) mass is 525 g/mol. The third-order valence-corrected chi connectivity index (χ3v) is 8.42. The maximum absolute atomic E-state index is 13.4. The summed E-state index contributed by atoms with van der Waals surface area (Å²) in [6, 6.07) is 14.4. The standard InChI is InChI=1S/C31H35N5O3/c1-20-15-32-31(33-26-8-4-5-21(13-26)19-37)34-29(20)23-9-10-25-17-36(30(39)27(25)14-23)18-28(38)35-12-11-22-6-2-3-7-24(22)16-35/h2-3,6-7,9-10,14-15,21,26,37H,4-5,8,11-13,16-19H2,1H3,(H,32,33,34). The van der Waals surface area contributed by atoms with E-state index in [1.807, 2.05) is 48.4 Å². The lowest BCUT2D eigenvalue weighted by Crippen LogP contribution is -2.42. The molecule has 2 unspecified atom stereocenters. The van der Waals surface area contributed by atoms with Crippen LogP contribution in [0.15, 0.2) is 48.7 Å². The Bertz CT molecular complexity index is 1410. The van der Waals surface area contributed by atoms with Gasteiger partial charge in [0.15, 0.2) is 0 Å². The minimum atomic E-state index is -0.111. The molecule has 202 valence electrons. The van der Waals surface area contributed by atoms with Crippen LogP contribution in [0.5, 0.6) is 0 Å². The van der Waals surface area contributed by atoms with Crippen molar-refractivity contribution in [2.24, 2.45) is 5.92 Å². The van der Waals surface area contributed by atoms with E-state index in [0.29, 0.717) is 37.1 Å². The molecule has 3 aliphatic rings. The topological polar surface area (TPSA) is 98.7 Å². The molecule has 2 atom stereocenters. The smallest absolute Gasteiger partial charge is 0.254 e. The Morgan fingerprint density at radius 3 is 2.79 bits per heavy atom. The van der Waals surface area contributed by atoms with Crippen LogP contribution < -0.4 is 5.32 Å². The van der Waals surface area contributed by atoms with Gasteiger partial charge in [-0.2, -0.15) is 0 Å². The van der Waals surface area contributed by atoms with Crippen LogP contribution in [0.3, 0.4) is 0 Å². The Labute approximate surface area is 229 Å². The van der Waals surface area contributed by atoms with Crippen LogP contribution in [-0.2, 0) is 24.3 Å². The van der Waals surface area contributed by atoms with Gasteiger partial charge in [-0.15, -0.1) is 0 Å². The van der Waals surface area contributed by atoms with Gasteiger partial charge in [0.1, 0.15) is 6.54 Å². The molecule has 1 aromatic heterocycles. The number of nitrogens with zero attached hydrogens (tertiary/aromatic N) is 4. The molecule has 1 fully saturated rings.